The molecule has 0 spiro atoms. The number of aliphatic hydroxyl groups is 1. The third-order valence-corrected chi connectivity index (χ3v) is 4.64. The van der Waals surface area contributed by atoms with Crippen LogP contribution in [-0.4, -0.2) is 29.2 Å². The molecular weight excluding hydrogens is 340 g/mol. The normalized spacial score (nSPS) is 14.7. The highest BCUT2D eigenvalue weighted by Gasteiger charge is 2.36. The van der Waals surface area contributed by atoms with Crippen LogP contribution in [0.3, 0.4) is 0 Å². The van der Waals surface area contributed by atoms with Crippen LogP contribution in [0.25, 0.3) is 0 Å². The second-order valence-corrected chi connectivity index (χ2v) is 7.42. The van der Waals surface area contributed by atoms with Crippen LogP contribution in [0.5, 0.6) is 0 Å². The predicted octanol–water partition coefficient (Wildman–Crippen LogP) is 4.15. The Bertz CT molecular complexity index is 684. The number of ketones is 1. The van der Waals surface area contributed by atoms with E-state index in [0.29, 0.717) is 13.2 Å². The molecule has 0 fully saturated rings. The van der Waals surface area contributed by atoms with Gasteiger partial charge in [-0.25, -0.2) is 0 Å². The first-order valence-electron chi connectivity index (χ1n) is 9.41. The van der Waals surface area contributed by atoms with E-state index in [-0.39, 0.29) is 24.7 Å². The number of ether oxygens (including phenoxy) is 2. The molecule has 0 heterocycles. The zero-order valence-corrected chi connectivity index (χ0v) is 16.4. The van der Waals surface area contributed by atoms with Gasteiger partial charge in [0.15, 0.2) is 5.78 Å². The van der Waals surface area contributed by atoms with E-state index in [2.05, 4.69) is 0 Å². The molecule has 0 radical (unpaired) electrons. The van der Waals surface area contributed by atoms with Crippen LogP contribution in [-0.2, 0) is 27.5 Å². The molecule has 0 aliphatic heterocycles. The summed E-state index contributed by atoms with van der Waals surface area (Å²) in [6, 6.07) is 19.5. The van der Waals surface area contributed by atoms with E-state index in [1.807, 2.05) is 74.5 Å². The van der Waals surface area contributed by atoms with Crippen molar-refractivity contribution in [1.82, 2.24) is 0 Å². The Kier molecular flexibility index (Phi) is 8.17. The van der Waals surface area contributed by atoms with Crippen LogP contribution in [0.1, 0.15) is 38.3 Å². The first-order chi connectivity index (χ1) is 12.9. The minimum atomic E-state index is -1.11. The lowest BCUT2D eigenvalue weighted by atomic mass is 9.92. The van der Waals surface area contributed by atoms with Crippen molar-refractivity contribution in [2.45, 2.75) is 52.1 Å². The Hall–Kier alpha value is -2.01. The number of aliphatic hydroxyl groups excluding tert-OH is 1. The molecule has 2 aromatic rings. The molecule has 0 aliphatic rings. The average Bonchev–Trinajstić information content (AvgIpc) is 2.68. The maximum absolute atomic E-state index is 12.9. The maximum atomic E-state index is 12.9. The number of carbonyl (C=O) groups is 1. The standard InChI is InChI=1S/C23H30O4/c1-18(2)21(24)14-22(25)23(3,27-16-20-12-8-5-9-13-20)17-26-15-19-10-6-4-7-11-19/h4-13,18,21,24H,14-17H2,1-3H3/t21-,23-/m0/s1. The molecule has 0 amide bonds. The molecule has 0 saturated carbocycles. The topological polar surface area (TPSA) is 55.8 Å². The third-order valence-electron chi connectivity index (χ3n) is 4.64. The van der Waals surface area contributed by atoms with Crippen LogP contribution >= 0.6 is 0 Å². The summed E-state index contributed by atoms with van der Waals surface area (Å²) < 4.78 is 11.8. The molecule has 0 aromatic heterocycles. The summed E-state index contributed by atoms with van der Waals surface area (Å²) in [7, 11) is 0. The smallest absolute Gasteiger partial charge is 0.169 e. The van der Waals surface area contributed by atoms with Crippen molar-refractivity contribution >= 4 is 5.78 Å². The molecule has 1 N–H and O–H groups in total. The summed E-state index contributed by atoms with van der Waals surface area (Å²) in [5.41, 5.74) is 0.919. The van der Waals surface area contributed by atoms with E-state index in [1.165, 1.54) is 0 Å². The van der Waals surface area contributed by atoms with Crippen LogP contribution in [0, 0.1) is 5.92 Å². The van der Waals surface area contributed by atoms with Gasteiger partial charge in [-0.15, -0.1) is 0 Å². The van der Waals surface area contributed by atoms with Crippen molar-refractivity contribution < 1.29 is 19.4 Å². The molecule has 2 rings (SSSR count). The minimum Gasteiger partial charge on any atom is -0.392 e. The van der Waals surface area contributed by atoms with Crippen molar-refractivity contribution in [2.24, 2.45) is 5.92 Å². The summed E-state index contributed by atoms with van der Waals surface area (Å²) in [6.45, 7) is 6.40. The predicted molar refractivity (Wildman–Crippen MR) is 106 cm³/mol. The highest BCUT2D eigenvalue weighted by molar-refractivity contribution is 5.87. The van der Waals surface area contributed by atoms with Gasteiger partial charge < -0.3 is 14.6 Å². The zero-order chi connectivity index (χ0) is 19.7. The van der Waals surface area contributed by atoms with Crippen molar-refractivity contribution in [2.75, 3.05) is 6.61 Å². The number of benzene rings is 2. The molecule has 4 nitrogen and oxygen atoms in total. The fourth-order valence-corrected chi connectivity index (χ4v) is 2.60. The molecule has 4 heteroatoms. The molecule has 2 atom stereocenters. The second kappa shape index (κ2) is 10.4. The summed E-state index contributed by atoms with van der Waals surface area (Å²) in [6.07, 6.45) is -0.635. The highest BCUT2D eigenvalue weighted by Crippen LogP contribution is 2.21. The first kappa shape index (κ1) is 21.3. The van der Waals surface area contributed by atoms with Gasteiger partial charge in [0.25, 0.3) is 0 Å². The van der Waals surface area contributed by atoms with Crippen LogP contribution in [0.4, 0.5) is 0 Å². The van der Waals surface area contributed by atoms with Gasteiger partial charge in [-0.1, -0.05) is 74.5 Å². The van der Waals surface area contributed by atoms with Gasteiger partial charge >= 0.3 is 0 Å². The minimum absolute atomic E-state index is 0.0116. The molecule has 2 aromatic carbocycles. The SMILES string of the molecule is CC(C)[C@@H](O)CC(=O)[C@](C)(COCc1ccccc1)OCc1ccccc1. The number of carbonyl (C=O) groups excluding carboxylic acids is 1. The van der Waals surface area contributed by atoms with Crippen LogP contribution in [0.2, 0.25) is 0 Å². The zero-order valence-electron chi connectivity index (χ0n) is 16.4. The highest BCUT2D eigenvalue weighted by atomic mass is 16.5. The third kappa shape index (κ3) is 6.90. The summed E-state index contributed by atoms with van der Waals surface area (Å²) >= 11 is 0. The summed E-state index contributed by atoms with van der Waals surface area (Å²) in [4.78, 5) is 12.9. The van der Waals surface area contributed by atoms with Crippen molar-refractivity contribution in [3.05, 3.63) is 71.8 Å². The van der Waals surface area contributed by atoms with E-state index in [0.717, 1.165) is 11.1 Å². The quantitative estimate of drug-likeness (QED) is 0.645. The van der Waals surface area contributed by atoms with Crippen LogP contribution < -0.4 is 0 Å². The summed E-state index contributed by atoms with van der Waals surface area (Å²) in [5, 5.41) is 10.1. The molecule has 0 unspecified atom stereocenters. The van der Waals surface area contributed by atoms with Crippen molar-refractivity contribution in [1.29, 1.82) is 0 Å². The van der Waals surface area contributed by atoms with E-state index < -0.39 is 11.7 Å². The largest absolute Gasteiger partial charge is 0.392 e. The number of Topliss-reactive ketones (excluding diaryl/α,β-unsaturated/α-hetero) is 1. The molecular formula is C23H30O4. The van der Waals surface area contributed by atoms with E-state index >= 15 is 0 Å². The second-order valence-electron chi connectivity index (χ2n) is 7.42. The molecule has 0 saturated heterocycles. The molecule has 27 heavy (non-hydrogen) atoms. The van der Waals surface area contributed by atoms with Crippen molar-refractivity contribution in [3.63, 3.8) is 0 Å². The van der Waals surface area contributed by atoms with E-state index in [1.54, 1.807) is 6.92 Å². The Morgan fingerprint density at radius 3 is 2.00 bits per heavy atom. The Morgan fingerprint density at radius 2 is 1.48 bits per heavy atom. The number of hydrogen-bond acceptors (Lipinski definition) is 4. The fourth-order valence-electron chi connectivity index (χ4n) is 2.60. The molecule has 0 bridgehead atoms. The lowest BCUT2D eigenvalue weighted by Crippen LogP contribution is -2.44. The Labute approximate surface area is 162 Å². The maximum Gasteiger partial charge on any atom is 0.169 e. The molecule has 0 aliphatic carbocycles. The number of hydrogen-bond donors (Lipinski definition) is 1. The van der Waals surface area contributed by atoms with Gasteiger partial charge in [0, 0.05) is 6.42 Å². The van der Waals surface area contributed by atoms with Crippen LogP contribution in [0.15, 0.2) is 60.7 Å². The van der Waals surface area contributed by atoms with Crippen molar-refractivity contribution in [3.8, 4) is 0 Å². The lowest BCUT2D eigenvalue weighted by molar-refractivity contribution is -0.156. The summed E-state index contributed by atoms with van der Waals surface area (Å²) in [5.74, 6) is -0.134. The lowest BCUT2D eigenvalue weighted by Gasteiger charge is -2.30. The van der Waals surface area contributed by atoms with E-state index in [9.17, 15) is 9.90 Å². The fraction of sp³-hybridized carbons (Fsp3) is 0.435. The number of rotatable bonds is 11. The monoisotopic (exact) mass is 370 g/mol. The van der Waals surface area contributed by atoms with E-state index in [4.69, 9.17) is 9.47 Å². The van der Waals surface area contributed by atoms with Gasteiger partial charge in [0.1, 0.15) is 5.60 Å². The van der Waals surface area contributed by atoms with Gasteiger partial charge in [-0.2, -0.15) is 0 Å². The average molecular weight is 370 g/mol. The van der Waals surface area contributed by atoms with Gasteiger partial charge in [0.05, 0.1) is 25.9 Å². The van der Waals surface area contributed by atoms with Gasteiger partial charge in [-0.3, -0.25) is 4.79 Å². The molecule has 146 valence electrons. The Balaban J connectivity index is 2.02. The Morgan fingerprint density at radius 1 is 0.963 bits per heavy atom. The van der Waals surface area contributed by atoms with Gasteiger partial charge in [0.2, 0.25) is 0 Å². The van der Waals surface area contributed by atoms with Gasteiger partial charge in [-0.05, 0) is 24.0 Å². The first-order valence-corrected chi connectivity index (χ1v) is 9.41.